The molecule has 3 aromatic carbocycles. The van der Waals surface area contributed by atoms with Crippen LogP contribution in [-0.4, -0.2) is 27.0 Å². The SMILES string of the molecule is Cc1cc(C(=O)Nc2cccc(C(=O)c3ccc4c(/C=C/c5ccccc5)n[nH]c4c3)c2)no1. The van der Waals surface area contributed by atoms with Crippen LogP contribution in [-0.2, 0) is 0 Å². The highest BCUT2D eigenvalue weighted by atomic mass is 16.5. The largest absolute Gasteiger partial charge is 0.361 e. The Balaban J connectivity index is 1.36. The molecule has 2 aromatic heterocycles. The van der Waals surface area contributed by atoms with Gasteiger partial charge in [0.2, 0.25) is 0 Å². The Labute approximate surface area is 195 Å². The zero-order chi connectivity index (χ0) is 23.5. The predicted octanol–water partition coefficient (Wildman–Crippen LogP) is 5.51. The van der Waals surface area contributed by atoms with E-state index in [1.54, 1.807) is 49.4 Å². The fraction of sp³-hybridized carbons (Fsp3) is 0.0370. The van der Waals surface area contributed by atoms with Crippen molar-refractivity contribution in [3.8, 4) is 0 Å². The summed E-state index contributed by atoms with van der Waals surface area (Å²) in [7, 11) is 0. The minimum Gasteiger partial charge on any atom is -0.361 e. The third-order valence-electron chi connectivity index (χ3n) is 5.33. The van der Waals surface area contributed by atoms with Crippen molar-refractivity contribution in [2.24, 2.45) is 0 Å². The molecule has 0 spiro atoms. The zero-order valence-corrected chi connectivity index (χ0v) is 18.3. The van der Waals surface area contributed by atoms with Gasteiger partial charge in [-0.05, 0) is 42.8 Å². The first kappa shape index (κ1) is 21.1. The number of anilines is 1. The summed E-state index contributed by atoms with van der Waals surface area (Å²) >= 11 is 0. The number of H-pyrrole nitrogens is 1. The summed E-state index contributed by atoms with van der Waals surface area (Å²) in [5.74, 6) is -0.0235. The predicted molar refractivity (Wildman–Crippen MR) is 131 cm³/mol. The first-order valence-electron chi connectivity index (χ1n) is 10.7. The third kappa shape index (κ3) is 4.40. The van der Waals surface area contributed by atoms with Gasteiger partial charge in [-0.3, -0.25) is 14.7 Å². The minimum absolute atomic E-state index is 0.161. The van der Waals surface area contributed by atoms with E-state index < -0.39 is 5.91 Å². The number of aryl methyl sites for hydroxylation is 1. The molecule has 2 heterocycles. The van der Waals surface area contributed by atoms with Gasteiger partial charge in [-0.25, -0.2) is 0 Å². The fourth-order valence-corrected chi connectivity index (χ4v) is 3.62. The zero-order valence-electron chi connectivity index (χ0n) is 18.3. The lowest BCUT2D eigenvalue weighted by Gasteiger charge is -2.06. The number of aromatic nitrogens is 3. The van der Waals surface area contributed by atoms with E-state index in [9.17, 15) is 9.59 Å². The van der Waals surface area contributed by atoms with Gasteiger partial charge in [-0.15, -0.1) is 0 Å². The Morgan fingerprint density at radius 3 is 2.53 bits per heavy atom. The number of carbonyl (C=O) groups excluding carboxylic acids is 2. The topological polar surface area (TPSA) is 101 Å². The molecular weight excluding hydrogens is 428 g/mol. The lowest BCUT2D eigenvalue weighted by molar-refractivity contribution is 0.101. The molecule has 1 amide bonds. The molecule has 0 aliphatic heterocycles. The van der Waals surface area contributed by atoms with E-state index in [4.69, 9.17) is 4.52 Å². The number of benzene rings is 3. The van der Waals surface area contributed by atoms with Crippen molar-refractivity contribution in [1.82, 2.24) is 15.4 Å². The van der Waals surface area contributed by atoms with Crippen LogP contribution >= 0.6 is 0 Å². The maximum absolute atomic E-state index is 13.1. The Morgan fingerprint density at radius 1 is 0.912 bits per heavy atom. The smallest absolute Gasteiger partial charge is 0.277 e. The number of amides is 1. The van der Waals surface area contributed by atoms with Gasteiger partial charge in [0.1, 0.15) is 5.76 Å². The summed E-state index contributed by atoms with van der Waals surface area (Å²) < 4.78 is 4.94. The molecule has 0 radical (unpaired) electrons. The molecule has 0 bridgehead atoms. The van der Waals surface area contributed by atoms with Crippen molar-refractivity contribution in [1.29, 1.82) is 0 Å². The second-order valence-corrected chi connectivity index (χ2v) is 7.80. The Bertz CT molecular complexity index is 1530. The van der Waals surface area contributed by atoms with Gasteiger partial charge in [0.05, 0.1) is 11.2 Å². The molecule has 5 aromatic rings. The Kier molecular flexibility index (Phi) is 5.58. The van der Waals surface area contributed by atoms with Crippen LogP contribution in [0.2, 0.25) is 0 Å². The Hall–Kier alpha value is -4.78. The molecule has 7 heteroatoms. The average molecular weight is 448 g/mol. The number of nitrogens with one attached hydrogen (secondary N) is 2. The molecule has 0 saturated heterocycles. The number of fused-ring (bicyclic) bond motifs is 1. The first-order chi connectivity index (χ1) is 16.6. The number of aromatic amines is 1. The number of rotatable bonds is 6. The van der Waals surface area contributed by atoms with Crippen LogP contribution in [0.15, 0.2) is 83.4 Å². The maximum atomic E-state index is 13.1. The van der Waals surface area contributed by atoms with E-state index in [1.807, 2.05) is 48.6 Å². The van der Waals surface area contributed by atoms with Crippen LogP contribution in [0.5, 0.6) is 0 Å². The highest BCUT2D eigenvalue weighted by Gasteiger charge is 2.15. The first-order valence-corrected chi connectivity index (χ1v) is 10.7. The molecule has 7 nitrogen and oxygen atoms in total. The van der Waals surface area contributed by atoms with Crippen LogP contribution < -0.4 is 5.32 Å². The molecule has 0 saturated carbocycles. The lowest BCUT2D eigenvalue weighted by Crippen LogP contribution is -2.12. The van der Waals surface area contributed by atoms with Gasteiger partial charge in [-0.2, -0.15) is 5.10 Å². The van der Waals surface area contributed by atoms with E-state index in [2.05, 4.69) is 20.7 Å². The number of carbonyl (C=O) groups is 2. The monoisotopic (exact) mass is 448 g/mol. The average Bonchev–Trinajstić information content (AvgIpc) is 3.49. The van der Waals surface area contributed by atoms with Gasteiger partial charge in [0.25, 0.3) is 5.91 Å². The van der Waals surface area contributed by atoms with E-state index in [-0.39, 0.29) is 11.5 Å². The van der Waals surface area contributed by atoms with Crippen molar-refractivity contribution in [3.63, 3.8) is 0 Å². The van der Waals surface area contributed by atoms with Crippen molar-refractivity contribution in [2.75, 3.05) is 5.32 Å². The van der Waals surface area contributed by atoms with Crippen LogP contribution in [0.1, 0.15) is 43.4 Å². The van der Waals surface area contributed by atoms with Crippen molar-refractivity contribution < 1.29 is 14.1 Å². The minimum atomic E-state index is -0.406. The summed E-state index contributed by atoms with van der Waals surface area (Å²) in [6, 6.07) is 23.8. The molecule has 166 valence electrons. The van der Waals surface area contributed by atoms with Crippen LogP contribution in [0.25, 0.3) is 23.1 Å². The summed E-state index contributed by atoms with van der Waals surface area (Å²) in [6.45, 7) is 1.71. The van der Waals surface area contributed by atoms with Gasteiger partial charge in [0.15, 0.2) is 11.5 Å². The summed E-state index contributed by atoms with van der Waals surface area (Å²) in [5, 5.41) is 14.8. The van der Waals surface area contributed by atoms with E-state index in [1.165, 1.54) is 0 Å². The normalized spacial score (nSPS) is 11.2. The summed E-state index contributed by atoms with van der Waals surface area (Å²) in [6.07, 6.45) is 3.94. The van der Waals surface area contributed by atoms with Crippen LogP contribution in [0.4, 0.5) is 5.69 Å². The molecule has 0 aliphatic rings. The van der Waals surface area contributed by atoms with Gasteiger partial charge >= 0.3 is 0 Å². The van der Waals surface area contributed by atoms with E-state index in [0.717, 1.165) is 22.2 Å². The number of ketones is 1. The molecule has 0 fully saturated rings. The second-order valence-electron chi connectivity index (χ2n) is 7.80. The number of hydrogen-bond donors (Lipinski definition) is 2. The van der Waals surface area contributed by atoms with Crippen molar-refractivity contribution >= 4 is 40.4 Å². The van der Waals surface area contributed by atoms with Gasteiger partial charge in [0, 0.05) is 28.3 Å². The standard InChI is InChI=1S/C27H20N4O3/c1-17-14-25(31-34-17)27(33)28-21-9-5-8-19(15-21)26(32)20-11-12-22-23(29-30-24(22)16-20)13-10-18-6-3-2-4-7-18/h2-16H,1H3,(H,28,33)(H,29,30)/b13-10+. The van der Waals surface area contributed by atoms with E-state index in [0.29, 0.717) is 22.6 Å². The highest BCUT2D eigenvalue weighted by molar-refractivity contribution is 6.11. The van der Waals surface area contributed by atoms with Crippen molar-refractivity contribution in [2.45, 2.75) is 6.92 Å². The van der Waals surface area contributed by atoms with Gasteiger partial charge < -0.3 is 9.84 Å². The highest BCUT2D eigenvalue weighted by Crippen LogP contribution is 2.22. The van der Waals surface area contributed by atoms with E-state index >= 15 is 0 Å². The van der Waals surface area contributed by atoms with Crippen molar-refractivity contribution in [3.05, 3.63) is 113 Å². The molecule has 5 rings (SSSR count). The third-order valence-corrected chi connectivity index (χ3v) is 5.33. The second kappa shape index (κ2) is 8.99. The molecule has 0 atom stereocenters. The molecule has 2 N–H and O–H groups in total. The van der Waals surface area contributed by atoms with Crippen LogP contribution in [0.3, 0.4) is 0 Å². The van der Waals surface area contributed by atoms with Gasteiger partial charge in [-0.1, -0.05) is 59.8 Å². The quantitative estimate of drug-likeness (QED) is 0.334. The molecular formula is C27H20N4O3. The maximum Gasteiger partial charge on any atom is 0.277 e. The molecule has 0 unspecified atom stereocenters. The number of hydrogen-bond acceptors (Lipinski definition) is 5. The number of nitrogens with zero attached hydrogens (tertiary/aromatic N) is 2. The fourth-order valence-electron chi connectivity index (χ4n) is 3.62. The van der Waals surface area contributed by atoms with Crippen LogP contribution in [0, 0.1) is 6.92 Å². The summed E-state index contributed by atoms with van der Waals surface area (Å²) in [5.41, 5.74) is 4.29. The lowest BCUT2D eigenvalue weighted by atomic mass is 10.0. The molecule has 0 aliphatic carbocycles. The summed E-state index contributed by atoms with van der Waals surface area (Å²) in [4.78, 5) is 25.5. The Morgan fingerprint density at radius 2 is 1.74 bits per heavy atom. The molecule has 34 heavy (non-hydrogen) atoms.